The van der Waals surface area contributed by atoms with E-state index in [2.05, 4.69) is 12.2 Å². The first kappa shape index (κ1) is 36.3. The summed E-state index contributed by atoms with van der Waals surface area (Å²) in [5.74, 6) is 0.678. The van der Waals surface area contributed by atoms with Gasteiger partial charge in [-0.1, -0.05) is 126 Å². The van der Waals surface area contributed by atoms with Crippen LogP contribution in [0.5, 0.6) is 11.5 Å². The molecule has 0 aromatic heterocycles. The molecule has 8 nitrogen and oxygen atoms in total. The molecule has 0 aliphatic heterocycles. The lowest BCUT2D eigenvalue weighted by Crippen LogP contribution is -2.35. The first-order chi connectivity index (χ1) is 21.9. The summed E-state index contributed by atoms with van der Waals surface area (Å²) in [7, 11) is -2.49. The van der Waals surface area contributed by atoms with E-state index in [1.807, 2.05) is 12.1 Å². The topological polar surface area (TPSA) is 100 Å². The minimum absolute atomic E-state index is 0.0170. The fourth-order valence-electron chi connectivity index (χ4n) is 5.17. The average Bonchev–Trinajstić information content (AvgIpc) is 3.06. The summed E-state index contributed by atoms with van der Waals surface area (Å²) in [5.41, 5.74) is 0. The van der Waals surface area contributed by atoms with Crippen molar-refractivity contribution in [2.75, 3.05) is 20.4 Å². The molecule has 0 fully saturated rings. The van der Waals surface area contributed by atoms with Gasteiger partial charge in [0.25, 0.3) is 0 Å². The largest absolute Gasteiger partial charge is 0.467 e. The zero-order valence-corrected chi connectivity index (χ0v) is 27.8. The molecule has 1 amide bonds. The number of amides is 1. The molecular weight excluding hydrogens is 590 g/mol. The third kappa shape index (κ3) is 13.4. The molecule has 0 radical (unpaired) electrons. The Morgan fingerprint density at radius 3 is 1.84 bits per heavy atom. The minimum atomic E-state index is -4.00. The number of rotatable bonds is 24. The van der Waals surface area contributed by atoms with Crippen LogP contribution in [0.1, 0.15) is 96.8 Å². The molecule has 3 aromatic rings. The molecule has 0 spiro atoms. The van der Waals surface area contributed by atoms with Crippen molar-refractivity contribution in [2.45, 2.75) is 108 Å². The van der Waals surface area contributed by atoms with Gasteiger partial charge in [0.05, 0.1) is 6.54 Å². The van der Waals surface area contributed by atoms with Crippen LogP contribution in [0.3, 0.4) is 0 Å². The van der Waals surface area contributed by atoms with Gasteiger partial charge in [-0.05, 0) is 30.7 Å². The molecule has 0 heterocycles. The second-order valence-corrected chi connectivity index (χ2v) is 12.9. The quantitative estimate of drug-likeness (QED) is 0.0594. The van der Waals surface area contributed by atoms with Crippen molar-refractivity contribution < 1.29 is 31.6 Å². The lowest BCUT2D eigenvalue weighted by molar-refractivity contribution is -0.159. The standard InChI is InChI=1S/C36H51NO7S/c1-3-4-5-6-7-8-9-10-11-12-13-14-18-25-35(38)37-28-36(41-2)43-29-42-33-26-27-34(32-24-20-19-23-31(32)33)44-45(39,40)30-21-16-15-17-22-30/h15-17,19-24,26-27,36H,3-14,18,25,28-29H2,1-2H3,(H,37,38). The monoisotopic (exact) mass is 641 g/mol. The summed E-state index contributed by atoms with van der Waals surface area (Å²) in [4.78, 5) is 12.4. The van der Waals surface area contributed by atoms with Gasteiger partial charge in [0.1, 0.15) is 10.6 Å². The van der Waals surface area contributed by atoms with Gasteiger partial charge in [-0.2, -0.15) is 8.42 Å². The van der Waals surface area contributed by atoms with Crippen LogP contribution in [0, 0.1) is 0 Å². The third-order valence-electron chi connectivity index (χ3n) is 7.78. The molecule has 1 N–H and O–H groups in total. The Labute approximate surface area is 269 Å². The molecule has 3 rings (SSSR count). The first-order valence-electron chi connectivity index (χ1n) is 16.5. The van der Waals surface area contributed by atoms with Crippen LogP contribution in [0.25, 0.3) is 10.8 Å². The first-order valence-corrected chi connectivity index (χ1v) is 17.9. The molecular formula is C36H51NO7S. The highest BCUT2D eigenvalue weighted by Crippen LogP contribution is 2.34. The van der Waals surface area contributed by atoms with Gasteiger partial charge < -0.3 is 23.7 Å². The molecule has 1 unspecified atom stereocenters. The minimum Gasteiger partial charge on any atom is -0.467 e. The van der Waals surface area contributed by atoms with Gasteiger partial charge in [0.15, 0.2) is 18.8 Å². The van der Waals surface area contributed by atoms with Crippen LogP contribution < -0.4 is 14.2 Å². The fraction of sp³-hybridized carbons (Fsp3) is 0.528. The maximum Gasteiger partial charge on any atom is 0.339 e. The van der Waals surface area contributed by atoms with E-state index in [1.165, 1.54) is 89.9 Å². The predicted molar refractivity (Wildman–Crippen MR) is 179 cm³/mol. The zero-order valence-electron chi connectivity index (χ0n) is 27.0. The number of hydrogen-bond donors (Lipinski definition) is 1. The summed E-state index contributed by atoms with van der Waals surface area (Å²) < 4.78 is 47.9. The van der Waals surface area contributed by atoms with Gasteiger partial charge in [0.2, 0.25) is 5.91 Å². The van der Waals surface area contributed by atoms with Crippen LogP contribution in [-0.2, 0) is 24.4 Å². The summed E-state index contributed by atoms with van der Waals surface area (Å²) in [5, 5.41) is 4.13. The number of methoxy groups -OCH3 is 1. The Balaban J connectivity index is 1.33. The summed E-state index contributed by atoms with van der Waals surface area (Å²) in [6.07, 6.45) is 16.3. The Morgan fingerprint density at radius 1 is 0.711 bits per heavy atom. The summed E-state index contributed by atoms with van der Waals surface area (Å²) in [6, 6.07) is 18.4. The second-order valence-electron chi connectivity index (χ2n) is 11.3. The van der Waals surface area contributed by atoms with E-state index in [0.29, 0.717) is 22.9 Å². The van der Waals surface area contributed by atoms with Crippen molar-refractivity contribution >= 4 is 26.8 Å². The Morgan fingerprint density at radius 2 is 1.24 bits per heavy atom. The molecule has 0 saturated carbocycles. The second kappa shape index (κ2) is 20.8. The number of carbonyl (C=O) groups excluding carboxylic acids is 1. The predicted octanol–water partition coefficient (Wildman–Crippen LogP) is 8.53. The van der Waals surface area contributed by atoms with E-state index >= 15 is 0 Å². The SMILES string of the molecule is CCCCCCCCCCCCCCCC(=O)NCC(OC)OCOc1ccc(OS(=O)(=O)c2ccccc2)c2ccccc12. The summed E-state index contributed by atoms with van der Waals surface area (Å²) in [6.45, 7) is 2.34. The molecule has 9 heteroatoms. The van der Waals surface area contributed by atoms with E-state index in [4.69, 9.17) is 18.4 Å². The van der Waals surface area contributed by atoms with Crippen LogP contribution >= 0.6 is 0 Å². The Hall–Kier alpha value is -3.14. The summed E-state index contributed by atoms with van der Waals surface area (Å²) >= 11 is 0. The molecule has 45 heavy (non-hydrogen) atoms. The highest BCUT2D eigenvalue weighted by atomic mass is 32.2. The van der Waals surface area contributed by atoms with Gasteiger partial charge in [-0.25, -0.2) is 0 Å². The van der Waals surface area contributed by atoms with Crippen molar-refractivity contribution in [2.24, 2.45) is 0 Å². The number of nitrogens with one attached hydrogen (secondary N) is 1. The van der Waals surface area contributed by atoms with E-state index < -0.39 is 16.4 Å². The van der Waals surface area contributed by atoms with Crippen molar-refractivity contribution in [3.8, 4) is 11.5 Å². The van der Waals surface area contributed by atoms with Crippen LogP contribution in [0.2, 0.25) is 0 Å². The maximum absolute atomic E-state index is 12.8. The van der Waals surface area contributed by atoms with Crippen molar-refractivity contribution in [3.05, 3.63) is 66.7 Å². The Kier molecular flexibility index (Phi) is 16.8. The fourth-order valence-corrected chi connectivity index (χ4v) is 6.14. The van der Waals surface area contributed by atoms with Crippen molar-refractivity contribution in [3.63, 3.8) is 0 Å². The smallest absolute Gasteiger partial charge is 0.339 e. The van der Waals surface area contributed by atoms with E-state index in [-0.39, 0.29) is 29.9 Å². The molecule has 0 aliphatic carbocycles. The Bertz CT molecular complexity index is 1360. The van der Waals surface area contributed by atoms with Crippen LogP contribution in [0.15, 0.2) is 71.6 Å². The van der Waals surface area contributed by atoms with Gasteiger partial charge in [0, 0.05) is 24.3 Å². The normalized spacial score (nSPS) is 12.2. The zero-order chi connectivity index (χ0) is 32.2. The molecule has 1 atom stereocenters. The lowest BCUT2D eigenvalue weighted by atomic mass is 10.0. The van der Waals surface area contributed by atoms with E-state index in [9.17, 15) is 13.2 Å². The molecule has 0 saturated heterocycles. The van der Waals surface area contributed by atoms with Gasteiger partial charge in [-0.15, -0.1) is 0 Å². The van der Waals surface area contributed by atoms with Gasteiger partial charge >= 0.3 is 10.1 Å². The molecule has 248 valence electrons. The van der Waals surface area contributed by atoms with Crippen molar-refractivity contribution in [1.82, 2.24) is 5.32 Å². The highest BCUT2D eigenvalue weighted by molar-refractivity contribution is 7.87. The van der Waals surface area contributed by atoms with E-state index in [0.717, 1.165) is 12.8 Å². The third-order valence-corrected chi connectivity index (χ3v) is 9.03. The lowest BCUT2D eigenvalue weighted by Gasteiger charge is -2.18. The van der Waals surface area contributed by atoms with Crippen molar-refractivity contribution in [1.29, 1.82) is 0 Å². The van der Waals surface area contributed by atoms with Crippen LogP contribution in [0.4, 0.5) is 0 Å². The maximum atomic E-state index is 12.8. The highest BCUT2D eigenvalue weighted by Gasteiger charge is 2.19. The number of ether oxygens (including phenoxy) is 3. The number of hydrogen-bond acceptors (Lipinski definition) is 7. The molecule has 3 aromatic carbocycles. The van der Waals surface area contributed by atoms with Gasteiger partial charge in [-0.3, -0.25) is 4.79 Å². The number of carbonyl (C=O) groups is 1. The molecule has 0 bridgehead atoms. The van der Waals surface area contributed by atoms with E-state index in [1.54, 1.807) is 42.5 Å². The number of benzene rings is 3. The number of fused-ring (bicyclic) bond motifs is 1. The number of unbranched alkanes of at least 4 members (excludes halogenated alkanes) is 12. The average molecular weight is 642 g/mol. The van der Waals surface area contributed by atoms with Crippen LogP contribution in [-0.4, -0.2) is 41.1 Å². The molecule has 0 aliphatic rings.